The minimum atomic E-state index is -0.965. The predicted molar refractivity (Wildman–Crippen MR) is 74.8 cm³/mol. The summed E-state index contributed by atoms with van der Waals surface area (Å²) in [5.41, 5.74) is 1.35. The van der Waals surface area contributed by atoms with Gasteiger partial charge in [-0.05, 0) is 24.6 Å². The molecule has 0 saturated carbocycles. The maximum Gasteiger partial charge on any atom is 0.319 e. The predicted octanol–water partition coefficient (Wildman–Crippen LogP) is 1.31. The molecule has 0 radical (unpaired) electrons. The van der Waals surface area contributed by atoms with Crippen molar-refractivity contribution in [3.05, 3.63) is 35.5 Å². The van der Waals surface area contributed by atoms with Crippen molar-refractivity contribution in [2.75, 3.05) is 14.2 Å². The number of carbonyl (C=O) groups is 2. The molecule has 0 aliphatic carbocycles. The number of esters is 1. The fraction of sp³-hybridized carbons (Fsp3) is 0.333. The van der Waals surface area contributed by atoms with Crippen LogP contribution in [0.25, 0.3) is 0 Å². The average molecular weight is 291 g/mol. The van der Waals surface area contributed by atoms with E-state index in [-0.39, 0.29) is 11.5 Å². The van der Waals surface area contributed by atoms with E-state index in [1.807, 2.05) is 0 Å². The first-order chi connectivity index (χ1) is 9.97. The standard InChI is InChI=1S/C15H17NO5/c1-8-6-10(13(14(18)16-8)15(19)21-3)9-4-5-11(17)12(7-9)20-2/h4-7,10,13,17H,1-3H3,(H,16,18). The molecule has 0 bridgehead atoms. The molecule has 0 aromatic heterocycles. The second-order valence-electron chi connectivity index (χ2n) is 4.80. The van der Waals surface area contributed by atoms with Gasteiger partial charge in [-0.1, -0.05) is 12.1 Å². The van der Waals surface area contributed by atoms with Crippen LogP contribution in [0.15, 0.2) is 30.0 Å². The molecule has 6 heteroatoms. The number of phenolic OH excluding ortho intramolecular Hbond substituents is 1. The zero-order valence-corrected chi connectivity index (χ0v) is 12.0. The van der Waals surface area contributed by atoms with E-state index in [1.54, 1.807) is 25.1 Å². The van der Waals surface area contributed by atoms with Gasteiger partial charge in [-0.2, -0.15) is 0 Å². The highest BCUT2D eigenvalue weighted by atomic mass is 16.5. The van der Waals surface area contributed by atoms with Gasteiger partial charge in [-0.3, -0.25) is 9.59 Å². The quantitative estimate of drug-likeness (QED) is 0.648. The molecule has 112 valence electrons. The Bertz CT molecular complexity index is 608. The first-order valence-corrected chi connectivity index (χ1v) is 6.42. The van der Waals surface area contributed by atoms with Gasteiger partial charge in [0, 0.05) is 11.6 Å². The Labute approximate surface area is 122 Å². The van der Waals surface area contributed by atoms with E-state index in [1.165, 1.54) is 20.3 Å². The normalized spacial score (nSPS) is 21.3. The van der Waals surface area contributed by atoms with Crippen LogP contribution in [0.5, 0.6) is 11.5 Å². The lowest BCUT2D eigenvalue weighted by molar-refractivity contribution is -0.150. The molecule has 1 amide bonds. The number of ether oxygens (including phenoxy) is 2. The summed E-state index contributed by atoms with van der Waals surface area (Å²) in [5, 5.41) is 12.3. The molecule has 0 spiro atoms. The zero-order chi connectivity index (χ0) is 15.6. The average Bonchev–Trinajstić information content (AvgIpc) is 2.46. The van der Waals surface area contributed by atoms with Crippen LogP contribution in [0.4, 0.5) is 0 Å². The van der Waals surface area contributed by atoms with Crippen LogP contribution in [0, 0.1) is 5.92 Å². The third-order valence-electron chi connectivity index (χ3n) is 3.44. The molecule has 2 rings (SSSR count). The molecule has 1 aliphatic heterocycles. The van der Waals surface area contributed by atoms with Gasteiger partial charge in [0.15, 0.2) is 11.5 Å². The number of allylic oxidation sites excluding steroid dienone is 2. The zero-order valence-electron chi connectivity index (χ0n) is 12.0. The molecule has 2 unspecified atom stereocenters. The summed E-state index contributed by atoms with van der Waals surface area (Å²) in [7, 11) is 2.68. The first-order valence-electron chi connectivity index (χ1n) is 6.42. The maximum absolute atomic E-state index is 12.1. The van der Waals surface area contributed by atoms with E-state index < -0.39 is 23.7 Å². The van der Waals surface area contributed by atoms with Crippen LogP contribution >= 0.6 is 0 Å². The summed E-state index contributed by atoms with van der Waals surface area (Å²) >= 11 is 0. The Kier molecular flexibility index (Phi) is 4.16. The second kappa shape index (κ2) is 5.87. The summed E-state index contributed by atoms with van der Waals surface area (Å²) in [6, 6.07) is 4.73. The summed E-state index contributed by atoms with van der Waals surface area (Å²) in [4.78, 5) is 24.0. The lowest BCUT2D eigenvalue weighted by Gasteiger charge is -2.27. The van der Waals surface area contributed by atoms with Crippen LogP contribution in [0.3, 0.4) is 0 Å². The van der Waals surface area contributed by atoms with Crippen molar-refractivity contribution in [2.45, 2.75) is 12.8 Å². The molecule has 1 aromatic rings. The maximum atomic E-state index is 12.1. The fourth-order valence-corrected chi connectivity index (χ4v) is 2.41. The van der Waals surface area contributed by atoms with Gasteiger partial charge in [-0.25, -0.2) is 0 Å². The molecule has 1 aliphatic rings. The van der Waals surface area contributed by atoms with E-state index in [0.29, 0.717) is 11.3 Å². The number of hydrogen-bond donors (Lipinski definition) is 2. The summed E-state index contributed by atoms with van der Waals surface area (Å²) in [5.74, 6) is -2.16. The fourth-order valence-electron chi connectivity index (χ4n) is 2.41. The minimum absolute atomic E-state index is 0.00293. The number of aromatic hydroxyl groups is 1. The van der Waals surface area contributed by atoms with Crippen LogP contribution in [-0.4, -0.2) is 31.2 Å². The lowest BCUT2D eigenvalue weighted by Crippen LogP contribution is -2.42. The number of carbonyl (C=O) groups excluding carboxylic acids is 2. The highest BCUT2D eigenvalue weighted by molar-refractivity contribution is 6.00. The summed E-state index contributed by atoms with van der Waals surface area (Å²) < 4.78 is 9.78. The Morgan fingerprint density at radius 3 is 2.67 bits per heavy atom. The van der Waals surface area contributed by atoms with Crippen molar-refractivity contribution in [3.63, 3.8) is 0 Å². The molecule has 21 heavy (non-hydrogen) atoms. The Balaban J connectivity index is 2.49. The molecule has 2 atom stereocenters. The van der Waals surface area contributed by atoms with E-state index in [9.17, 15) is 14.7 Å². The van der Waals surface area contributed by atoms with Gasteiger partial charge in [0.05, 0.1) is 14.2 Å². The van der Waals surface area contributed by atoms with Gasteiger partial charge in [-0.15, -0.1) is 0 Å². The van der Waals surface area contributed by atoms with E-state index in [0.717, 1.165) is 0 Å². The van der Waals surface area contributed by atoms with Crippen molar-refractivity contribution in [1.82, 2.24) is 5.32 Å². The SMILES string of the molecule is COC(=O)C1C(=O)NC(C)=CC1c1ccc(O)c(OC)c1. The number of rotatable bonds is 3. The molecular formula is C15H17NO5. The third kappa shape index (κ3) is 2.84. The van der Waals surface area contributed by atoms with Crippen molar-refractivity contribution in [3.8, 4) is 11.5 Å². The summed E-state index contributed by atoms with van der Waals surface area (Å²) in [6.07, 6.45) is 1.79. The van der Waals surface area contributed by atoms with Crippen molar-refractivity contribution in [1.29, 1.82) is 0 Å². The first kappa shape index (κ1) is 14.9. The van der Waals surface area contributed by atoms with E-state index in [2.05, 4.69) is 5.32 Å². The number of methoxy groups -OCH3 is 2. The smallest absolute Gasteiger partial charge is 0.319 e. The van der Waals surface area contributed by atoms with E-state index >= 15 is 0 Å². The molecular weight excluding hydrogens is 274 g/mol. The number of nitrogens with one attached hydrogen (secondary N) is 1. The van der Waals surface area contributed by atoms with Crippen molar-refractivity contribution >= 4 is 11.9 Å². The van der Waals surface area contributed by atoms with Crippen LogP contribution in [-0.2, 0) is 14.3 Å². The largest absolute Gasteiger partial charge is 0.504 e. The highest BCUT2D eigenvalue weighted by Gasteiger charge is 2.38. The molecule has 0 saturated heterocycles. The van der Waals surface area contributed by atoms with Crippen LogP contribution < -0.4 is 10.1 Å². The lowest BCUT2D eigenvalue weighted by atomic mass is 9.82. The van der Waals surface area contributed by atoms with Gasteiger partial charge in [0.1, 0.15) is 5.92 Å². The summed E-state index contributed by atoms with van der Waals surface area (Å²) in [6.45, 7) is 1.75. The molecule has 1 heterocycles. The highest BCUT2D eigenvalue weighted by Crippen LogP contribution is 2.36. The van der Waals surface area contributed by atoms with Crippen LogP contribution in [0.1, 0.15) is 18.4 Å². The topological polar surface area (TPSA) is 84.9 Å². The van der Waals surface area contributed by atoms with Gasteiger partial charge in [0.2, 0.25) is 5.91 Å². The van der Waals surface area contributed by atoms with Gasteiger partial charge < -0.3 is 19.9 Å². The Hall–Kier alpha value is -2.50. The number of phenols is 1. The van der Waals surface area contributed by atoms with Gasteiger partial charge in [0.25, 0.3) is 0 Å². The number of hydrogen-bond acceptors (Lipinski definition) is 5. The van der Waals surface area contributed by atoms with Crippen LogP contribution in [0.2, 0.25) is 0 Å². The second-order valence-corrected chi connectivity index (χ2v) is 4.80. The van der Waals surface area contributed by atoms with Crippen molar-refractivity contribution < 1.29 is 24.2 Å². The third-order valence-corrected chi connectivity index (χ3v) is 3.44. The van der Waals surface area contributed by atoms with Gasteiger partial charge >= 0.3 is 5.97 Å². The van der Waals surface area contributed by atoms with Crippen molar-refractivity contribution in [2.24, 2.45) is 5.92 Å². The number of benzene rings is 1. The van der Waals surface area contributed by atoms with E-state index in [4.69, 9.17) is 9.47 Å². The number of amides is 1. The molecule has 1 aromatic carbocycles. The molecule has 6 nitrogen and oxygen atoms in total. The molecule has 2 N–H and O–H groups in total. The Morgan fingerprint density at radius 2 is 2.05 bits per heavy atom. The minimum Gasteiger partial charge on any atom is -0.504 e. The Morgan fingerprint density at radius 1 is 1.33 bits per heavy atom. The molecule has 0 fully saturated rings. The monoisotopic (exact) mass is 291 g/mol.